The number of carbonyl (C=O) groups is 2. The highest BCUT2D eigenvalue weighted by atomic mass is 32.1. The summed E-state index contributed by atoms with van der Waals surface area (Å²) in [6.07, 6.45) is 6.84. The maximum Gasteiger partial charge on any atom is 0.341 e. The van der Waals surface area contributed by atoms with E-state index in [0.717, 1.165) is 60.1 Å². The third-order valence-electron chi connectivity index (χ3n) is 5.95. The van der Waals surface area contributed by atoms with E-state index in [1.165, 1.54) is 17.4 Å². The van der Waals surface area contributed by atoms with Crippen LogP contribution in [-0.2, 0) is 22.4 Å². The van der Waals surface area contributed by atoms with E-state index >= 15 is 0 Å². The molecule has 1 aromatic carbocycles. The number of fused-ring (bicyclic) bond motifs is 1. The van der Waals surface area contributed by atoms with Gasteiger partial charge in [-0.15, -0.1) is 11.3 Å². The van der Waals surface area contributed by atoms with Crippen molar-refractivity contribution in [1.29, 1.82) is 5.26 Å². The summed E-state index contributed by atoms with van der Waals surface area (Å²) in [6.45, 7) is 4.39. The Bertz CT molecular complexity index is 1290. The lowest BCUT2D eigenvalue weighted by atomic mass is 9.95. The van der Waals surface area contributed by atoms with Crippen molar-refractivity contribution in [3.63, 3.8) is 0 Å². The minimum Gasteiger partial charge on any atom is -0.462 e. The summed E-state index contributed by atoms with van der Waals surface area (Å²) in [5.74, 6) is 0.0559. The van der Waals surface area contributed by atoms with Crippen LogP contribution in [0.15, 0.2) is 46.4 Å². The molecule has 0 fully saturated rings. The summed E-state index contributed by atoms with van der Waals surface area (Å²) in [5.41, 5.74) is 3.35. The number of rotatable bonds is 8. The lowest BCUT2D eigenvalue weighted by Gasteiger charge is -2.12. The van der Waals surface area contributed by atoms with E-state index in [1.54, 1.807) is 12.1 Å². The average Bonchev–Trinajstić information content (AvgIpc) is 3.47. The number of carbonyl (C=O) groups excluding carboxylic acids is 2. The van der Waals surface area contributed by atoms with Gasteiger partial charge in [0.15, 0.2) is 0 Å². The molecule has 35 heavy (non-hydrogen) atoms. The van der Waals surface area contributed by atoms with E-state index in [9.17, 15) is 14.9 Å². The fourth-order valence-electron chi connectivity index (χ4n) is 4.02. The SMILES string of the molecule is CCCCOC(=O)c1c(NC(=O)/C(C#N)=C/c2ccc(-c3ccc(C)cc3)o2)sc2c1CCCC2. The Morgan fingerprint density at radius 3 is 2.69 bits per heavy atom. The van der Waals surface area contributed by atoms with Gasteiger partial charge in [-0.2, -0.15) is 5.26 Å². The molecule has 0 radical (unpaired) electrons. The molecule has 3 aromatic rings. The topological polar surface area (TPSA) is 92.3 Å². The van der Waals surface area contributed by atoms with E-state index in [2.05, 4.69) is 5.32 Å². The molecule has 0 bridgehead atoms. The van der Waals surface area contributed by atoms with Crippen LogP contribution in [0.1, 0.15) is 64.7 Å². The zero-order chi connectivity index (χ0) is 24.8. The third kappa shape index (κ3) is 5.72. The molecule has 1 N–H and O–H groups in total. The van der Waals surface area contributed by atoms with Gasteiger partial charge in [0.25, 0.3) is 5.91 Å². The van der Waals surface area contributed by atoms with Gasteiger partial charge in [0, 0.05) is 16.5 Å². The number of amides is 1. The first kappa shape index (κ1) is 24.5. The molecule has 0 spiro atoms. The summed E-state index contributed by atoms with van der Waals surface area (Å²) in [4.78, 5) is 27.0. The van der Waals surface area contributed by atoms with Crippen molar-refractivity contribution in [3.05, 3.63) is 69.3 Å². The molecule has 1 aliphatic carbocycles. The number of thiophene rings is 1. The predicted molar refractivity (Wildman–Crippen MR) is 137 cm³/mol. The first-order chi connectivity index (χ1) is 17.0. The highest BCUT2D eigenvalue weighted by Crippen LogP contribution is 2.39. The summed E-state index contributed by atoms with van der Waals surface area (Å²) < 4.78 is 11.3. The van der Waals surface area contributed by atoms with Crippen LogP contribution >= 0.6 is 11.3 Å². The van der Waals surface area contributed by atoms with E-state index in [-0.39, 0.29) is 5.57 Å². The van der Waals surface area contributed by atoms with Gasteiger partial charge >= 0.3 is 5.97 Å². The smallest absolute Gasteiger partial charge is 0.341 e. The molecule has 2 aromatic heterocycles. The van der Waals surface area contributed by atoms with Gasteiger partial charge in [-0.3, -0.25) is 4.79 Å². The molecule has 1 amide bonds. The van der Waals surface area contributed by atoms with Gasteiger partial charge in [0.2, 0.25) is 0 Å². The van der Waals surface area contributed by atoms with Crippen molar-refractivity contribution in [2.45, 2.75) is 52.4 Å². The molecule has 0 saturated carbocycles. The van der Waals surface area contributed by atoms with Gasteiger partial charge in [-0.05, 0) is 56.7 Å². The van der Waals surface area contributed by atoms with Crippen molar-refractivity contribution in [3.8, 4) is 17.4 Å². The third-order valence-corrected chi connectivity index (χ3v) is 7.16. The number of nitriles is 1. The standard InChI is InChI=1S/C28H28N2O4S/c1-3-4-15-33-28(32)25-22-7-5-6-8-24(22)35-27(25)30-26(31)20(17-29)16-21-13-14-23(34-21)19-11-9-18(2)10-12-19/h9-14,16H,3-8,15H2,1-2H3,(H,30,31)/b20-16+. The number of esters is 1. The number of aryl methyl sites for hydroxylation is 2. The number of hydrogen-bond donors (Lipinski definition) is 1. The average molecular weight is 489 g/mol. The van der Waals surface area contributed by atoms with Crippen LogP contribution in [0.2, 0.25) is 0 Å². The highest BCUT2D eigenvalue weighted by Gasteiger charge is 2.28. The summed E-state index contributed by atoms with van der Waals surface area (Å²) >= 11 is 1.40. The van der Waals surface area contributed by atoms with Crippen LogP contribution in [0.4, 0.5) is 5.00 Å². The molecule has 0 aliphatic heterocycles. The molecule has 4 rings (SSSR count). The molecule has 6 nitrogen and oxygen atoms in total. The number of hydrogen-bond acceptors (Lipinski definition) is 6. The van der Waals surface area contributed by atoms with E-state index in [0.29, 0.717) is 28.7 Å². The minimum atomic E-state index is -0.581. The fraction of sp³-hybridized carbons (Fsp3) is 0.321. The van der Waals surface area contributed by atoms with Crippen molar-refractivity contribution in [2.24, 2.45) is 0 Å². The Labute approximate surface area is 209 Å². The van der Waals surface area contributed by atoms with Crippen molar-refractivity contribution in [2.75, 3.05) is 11.9 Å². The largest absolute Gasteiger partial charge is 0.462 e. The van der Waals surface area contributed by atoms with Gasteiger partial charge in [0.1, 0.15) is 28.2 Å². The number of benzene rings is 1. The Morgan fingerprint density at radius 1 is 1.17 bits per heavy atom. The van der Waals surface area contributed by atoms with Crippen LogP contribution in [0.3, 0.4) is 0 Å². The monoisotopic (exact) mass is 488 g/mol. The van der Waals surface area contributed by atoms with E-state index in [1.807, 2.05) is 44.2 Å². The maximum atomic E-state index is 13.0. The fourth-order valence-corrected chi connectivity index (χ4v) is 5.29. The van der Waals surface area contributed by atoms with Crippen LogP contribution in [0.25, 0.3) is 17.4 Å². The number of furan rings is 1. The molecule has 0 atom stereocenters. The minimum absolute atomic E-state index is 0.105. The second kappa shape index (κ2) is 11.2. The summed E-state index contributed by atoms with van der Waals surface area (Å²) in [6, 6.07) is 13.4. The van der Waals surface area contributed by atoms with Gasteiger partial charge in [-0.25, -0.2) is 4.79 Å². The lowest BCUT2D eigenvalue weighted by molar-refractivity contribution is -0.112. The quantitative estimate of drug-likeness (QED) is 0.165. The zero-order valence-corrected chi connectivity index (χ0v) is 20.8. The number of nitrogens with one attached hydrogen (secondary N) is 1. The normalized spacial score (nSPS) is 13.1. The second-order valence-corrected chi connectivity index (χ2v) is 9.70. The predicted octanol–water partition coefficient (Wildman–Crippen LogP) is 6.70. The van der Waals surface area contributed by atoms with Gasteiger partial charge < -0.3 is 14.5 Å². The summed E-state index contributed by atoms with van der Waals surface area (Å²) in [7, 11) is 0. The number of nitrogens with zero attached hydrogens (tertiary/aromatic N) is 1. The van der Waals surface area contributed by atoms with E-state index < -0.39 is 11.9 Å². The zero-order valence-electron chi connectivity index (χ0n) is 20.0. The van der Waals surface area contributed by atoms with Gasteiger partial charge in [-0.1, -0.05) is 43.2 Å². The molecule has 7 heteroatoms. The Balaban J connectivity index is 1.56. The molecule has 180 valence electrons. The Kier molecular flexibility index (Phi) is 7.84. The van der Waals surface area contributed by atoms with Crippen molar-refractivity contribution >= 4 is 34.3 Å². The Morgan fingerprint density at radius 2 is 1.94 bits per heavy atom. The molecular formula is C28H28N2O4S. The highest BCUT2D eigenvalue weighted by molar-refractivity contribution is 7.17. The molecule has 0 unspecified atom stereocenters. The number of anilines is 1. The second-order valence-electron chi connectivity index (χ2n) is 8.60. The lowest BCUT2D eigenvalue weighted by Crippen LogP contribution is -2.17. The first-order valence-electron chi connectivity index (χ1n) is 11.9. The first-order valence-corrected chi connectivity index (χ1v) is 12.7. The van der Waals surface area contributed by atoms with Crippen LogP contribution in [0.5, 0.6) is 0 Å². The van der Waals surface area contributed by atoms with Crippen molar-refractivity contribution in [1.82, 2.24) is 0 Å². The maximum absolute atomic E-state index is 13.0. The van der Waals surface area contributed by atoms with Crippen molar-refractivity contribution < 1.29 is 18.7 Å². The summed E-state index contributed by atoms with van der Waals surface area (Å²) in [5, 5.41) is 12.9. The molecule has 1 aliphatic rings. The number of ether oxygens (including phenoxy) is 1. The van der Waals surface area contributed by atoms with Crippen LogP contribution < -0.4 is 5.32 Å². The van der Waals surface area contributed by atoms with E-state index in [4.69, 9.17) is 9.15 Å². The molecule has 2 heterocycles. The van der Waals surface area contributed by atoms with Crippen LogP contribution in [0, 0.1) is 18.3 Å². The number of unbranched alkanes of at least 4 members (excludes halogenated alkanes) is 1. The van der Waals surface area contributed by atoms with Gasteiger partial charge in [0.05, 0.1) is 12.2 Å². The molecular weight excluding hydrogens is 460 g/mol. The molecule has 0 saturated heterocycles. The Hall–Kier alpha value is -3.63. The van der Waals surface area contributed by atoms with Crippen LogP contribution in [-0.4, -0.2) is 18.5 Å².